The second-order valence-corrected chi connectivity index (χ2v) is 7.26. The van der Waals surface area contributed by atoms with Crippen molar-refractivity contribution >= 4 is 0 Å². The monoisotopic (exact) mass is 345 g/mol. The van der Waals surface area contributed by atoms with Crippen LogP contribution in [0.5, 0.6) is 5.75 Å². The van der Waals surface area contributed by atoms with Gasteiger partial charge in [0.25, 0.3) is 0 Å². The fourth-order valence-corrected chi connectivity index (χ4v) is 4.42. The summed E-state index contributed by atoms with van der Waals surface area (Å²) in [7, 11) is 1.54. The fourth-order valence-electron chi connectivity index (χ4n) is 4.42. The van der Waals surface area contributed by atoms with E-state index in [-0.39, 0.29) is 18.0 Å². The normalized spacial score (nSPS) is 29.6. The van der Waals surface area contributed by atoms with Crippen LogP contribution in [0.25, 0.3) is 0 Å². The highest BCUT2D eigenvalue weighted by atomic mass is 19.1. The van der Waals surface area contributed by atoms with Gasteiger partial charge >= 0.3 is 0 Å². The standard InChI is InChI=1S/C19H24FN3O2/c1-25-16-4-3-13(17(20)9-16)10-22-11-14-7-18(23-6-2-5-21-23)19(24)8-15(14)12-22/h2-6,9,14-15,18-19,24H,7-8,10-12H2,1H3/t14-,15+,18-,19-/m1/s1. The van der Waals surface area contributed by atoms with E-state index in [1.54, 1.807) is 25.4 Å². The maximum atomic E-state index is 14.2. The lowest BCUT2D eigenvalue weighted by Gasteiger charge is -2.35. The van der Waals surface area contributed by atoms with E-state index >= 15 is 0 Å². The van der Waals surface area contributed by atoms with E-state index in [0.29, 0.717) is 29.7 Å². The molecule has 1 aromatic heterocycles. The molecule has 25 heavy (non-hydrogen) atoms. The first-order chi connectivity index (χ1) is 12.1. The summed E-state index contributed by atoms with van der Waals surface area (Å²) < 4.78 is 21.2. The fraction of sp³-hybridized carbons (Fsp3) is 0.526. The molecule has 0 amide bonds. The molecule has 2 fully saturated rings. The highest BCUT2D eigenvalue weighted by molar-refractivity contribution is 5.29. The Morgan fingerprint density at radius 3 is 2.76 bits per heavy atom. The van der Waals surface area contributed by atoms with Crippen LogP contribution in [0.4, 0.5) is 4.39 Å². The predicted molar refractivity (Wildman–Crippen MR) is 91.7 cm³/mol. The number of methoxy groups -OCH3 is 1. The minimum atomic E-state index is -0.362. The minimum Gasteiger partial charge on any atom is -0.497 e. The Balaban J connectivity index is 1.43. The maximum Gasteiger partial charge on any atom is 0.131 e. The number of halogens is 1. The van der Waals surface area contributed by atoms with E-state index < -0.39 is 0 Å². The summed E-state index contributed by atoms with van der Waals surface area (Å²) in [6, 6.07) is 6.99. The quantitative estimate of drug-likeness (QED) is 0.925. The Kier molecular flexibility index (Phi) is 4.48. The summed E-state index contributed by atoms with van der Waals surface area (Å²) >= 11 is 0. The molecular weight excluding hydrogens is 321 g/mol. The van der Waals surface area contributed by atoms with Gasteiger partial charge in [-0.3, -0.25) is 9.58 Å². The summed E-state index contributed by atoms with van der Waals surface area (Å²) in [6.45, 7) is 2.46. The lowest BCUT2D eigenvalue weighted by molar-refractivity contribution is 0.0306. The van der Waals surface area contributed by atoms with Crippen molar-refractivity contribution in [1.82, 2.24) is 14.7 Å². The summed E-state index contributed by atoms with van der Waals surface area (Å²) in [5, 5.41) is 14.8. The third-order valence-electron chi connectivity index (χ3n) is 5.70. The van der Waals surface area contributed by atoms with Gasteiger partial charge in [-0.1, -0.05) is 6.07 Å². The first-order valence-corrected chi connectivity index (χ1v) is 8.86. The number of fused-ring (bicyclic) bond motifs is 1. The molecule has 4 rings (SSSR count). The molecular formula is C19H24FN3O2. The Labute approximate surface area is 147 Å². The third kappa shape index (κ3) is 3.28. The average molecular weight is 345 g/mol. The summed E-state index contributed by atoms with van der Waals surface area (Å²) in [5.74, 6) is 1.33. The van der Waals surface area contributed by atoms with Crippen LogP contribution in [0, 0.1) is 17.7 Å². The zero-order valence-corrected chi connectivity index (χ0v) is 14.4. The highest BCUT2D eigenvalue weighted by Crippen LogP contribution is 2.41. The van der Waals surface area contributed by atoms with Crippen molar-refractivity contribution in [3.63, 3.8) is 0 Å². The lowest BCUT2D eigenvalue weighted by Crippen LogP contribution is -2.36. The Bertz CT molecular complexity index is 721. The molecule has 1 N–H and O–H groups in total. The lowest BCUT2D eigenvalue weighted by atomic mass is 9.77. The Hall–Kier alpha value is -1.92. The Morgan fingerprint density at radius 1 is 1.28 bits per heavy atom. The molecule has 134 valence electrons. The molecule has 0 unspecified atom stereocenters. The van der Waals surface area contributed by atoms with Crippen molar-refractivity contribution in [1.29, 1.82) is 0 Å². The highest BCUT2D eigenvalue weighted by Gasteiger charge is 2.42. The van der Waals surface area contributed by atoms with Crippen molar-refractivity contribution in [3.05, 3.63) is 48.0 Å². The maximum absolute atomic E-state index is 14.2. The van der Waals surface area contributed by atoms with Crippen LogP contribution in [0.1, 0.15) is 24.4 Å². The minimum absolute atomic E-state index is 0.0499. The van der Waals surface area contributed by atoms with Crippen molar-refractivity contribution in [2.24, 2.45) is 11.8 Å². The number of aliphatic hydroxyl groups excluding tert-OH is 1. The molecule has 0 spiro atoms. The largest absolute Gasteiger partial charge is 0.497 e. The van der Waals surface area contributed by atoms with Gasteiger partial charge in [0.15, 0.2) is 0 Å². The molecule has 1 saturated heterocycles. The smallest absolute Gasteiger partial charge is 0.131 e. The van der Waals surface area contributed by atoms with E-state index in [0.717, 1.165) is 25.9 Å². The van der Waals surface area contributed by atoms with Gasteiger partial charge < -0.3 is 9.84 Å². The molecule has 1 saturated carbocycles. The molecule has 0 bridgehead atoms. The number of rotatable bonds is 4. The molecule has 4 atom stereocenters. The Morgan fingerprint density at radius 2 is 2.08 bits per heavy atom. The zero-order chi connectivity index (χ0) is 17.4. The van der Waals surface area contributed by atoms with Gasteiger partial charge in [0.2, 0.25) is 0 Å². The number of benzene rings is 1. The van der Waals surface area contributed by atoms with Crippen LogP contribution in [0.2, 0.25) is 0 Å². The number of hydrogen-bond acceptors (Lipinski definition) is 4. The van der Waals surface area contributed by atoms with Crippen LogP contribution >= 0.6 is 0 Å². The van der Waals surface area contributed by atoms with Crippen molar-refractivity contribution in [3.8, 4) is 5.75 Å². The van der Waals surface area contributed by atoms with Crippen molar-refractivity contribution in [2.45, 2.75) is 31.5 Å². The van der Waals surface area contributed by atoms with Crippen molar-refractivity contribution < 1.29 is 14.2 Å². The van der Waals surface area contributed by atoms with Gasteiger partial charge in [-0.2, -0.15) is 5.10 Å². The molecule has 1 aliphatic carbocycles. The van der Waals surface area contributed by atoms with E-state index in [4.69, 9.17) is 4.74 Å². The number of hydrogen-bond donors (Lipinski definition) is 1. The number of aliphatic hydroxyl groups is 1. The number of ether oxygens (including phenoxy) is 1. The second kappa shape index (κ2) is 6.77. The predicted octanol–water partition coefficient (Wildman–Crippen LogP) is 2.47. The first kappa shape index (κ1) is 16.5. The number of nitrogens with zero attached hydrogens (tertiary/aromatic N) is 3. The molecule has 2 aromatic rings. The zero-order valence-electron chi connectivity index (χ0n) is 14.4. The van der Waals surface area contributed by atoms with Crippen LogP contribution in [-0.2, 0) is 6.54 Å². The summed E-state index contributed by atoms with van der Waals surface area (Å²) in [5.41, 5.74) is 0.698. The SMILES string of the molecule is COc1ccc(CN2C[C@H]3C[C@@H](n4cccn4)[C@H](O)C[C@H]3C2)c(F)c1. The van der Waals surface area contributed by atoms with Gasteiger partial charge in [0.1, 0.15) is 11.6 Å². The van der Waals surface area contributed by atoms with Gasteiger partial charge in [0, 0.05) is 43.7 Å². The first-order valence-electron chi connectivity index (χ1n) is 8.86. The van der Waals surface area contributed by atoms with Crippen LogP contribution in [-0.4, -0.2) is 46.1 Å². The van der Waals surface area contributed by atoms with Crippen LogP contribution in [0.3, 0.4) is 0 Å². The van der Waals surface area contributed by atoms with Gasteiger partial charge in [-0.05, 0) is 36.8 Å². The van der Waals surface area contributed by atoms with Gasteiger partial charge in [0.05, 0.1) is 19.3 Å². The number of likely N-dealkylation sites (tertiary alicyclic amines) is 1. The van der Waals surface area contributed by atoms with Crippen LogP contribution in [0.15, 0.2) is 36.7 Å². The molecule has 0 radical (unpaired) electrons. The second-order valence-electron chi connectivity index (χ2n) is 7.26. The van der Waals surface area contributed by atoms with E-state index in [1.165, 1.54) is 6.07 Å². The van der Waals surface area contributed by atoms with Gasteiger partial charge in [-0.15, -0.1) is 0 Å². The van der Waals surface area contributed by atoms with Crippen molar-refractivity contribution in [2.75, 3.05) is 20.2 Å². The molecule has 6 heteroatoms. The van der Waals surface area contributed by atoms with E-state index in [2.05, 4.69) is 10.00 Å². The van der Waals surface area contributed by atoms with E-state index in [1.807, 2.05) is 16.9 Å². The summed E-state index contributed by atoms with van der Waals surface area (Å²) in [6.07, 6.45) is 5.03. The molecule has 5 nitrogen and oxygen atoms in total. The third-order valence-corrected chi connectivity index (χ3v) is 5.70. The topological polar surface area (TPSA) is 50.5 Å². The molecule has 1 aliphatic heterocycles. The van der Waals surface area contributed by atoms with Gasteiger partial charge in [-0.25, -0.2) is 4.39 Å². The average Bonchev–Trinajstić information content (AvgIpc) is 3.25. The molecule has 2 heterocycles. The number of aromatic nitrogens is 2. The molecule has 1 aromatic carbocycles. The van der Waals surface area contributed by atoms with Crippen LogP contribution < -0.4 is 4.74 Å². The summed E-state index contributed by atoms with van der Waals surface area (Å²) in [4.78, 5) is 2.30. The van der Waals surface area contributed by atoms with E-state index in [9.17, 15) is 9.50 Å². The molecule has 2 aliphatic rings.